The lowest BCUT2D eigenvalue weighted by atomic mass is 10.2. The van der Waals surface area contributed by atoms with Crippen LogP contribution in [0.3, 0.4) is 0 Å². The van der Waals surface area contributed by atoms with Gasteiger partial charge in [-0.2, -0.15) is 8.42 Å². The van der Waals surface area contributed by atoms with Crippen molar-refractivity contribution < 1.29 is 8.42 Å². The highest BCUT2D eigenvalue weighted by Gasteiger charge is 2.19. The van der Waals surface area contributed by atoms with E-state index in [0.29, 0.717) is 17.2 Å². The van der Waals surface area contributed by atoms with Crippen LogP contribution in [0, 0.1) is 6.92 Å². The van der Waals surface area contributed by atoms with E-state index in [0.717, 1.165) is 11.0 Å². The van der Waals surface area contributed by atoms with Crippen molar-refractivity contribution in [2.45, 2.75) is 11.8 Å². The second-order valence-corrected chi connectivity index (χ2v) is 7.66. The van der Waals surface area contributed by atoms with Gasteiger partial charge in [-0.3, -0.25) is 4.57 Å². The molecule has 0 amide bonds. The van der Waals surface area contributed by atoms with Gasteiger partial charge in [0.1, 0.15) is 5.82 Å². The van der Waals surface area contributed by atoms with Crippen molar-refractivity contribution in [3.05, 3.63) is 96.3 Å². The van der Waals surface area contributed by atoms with Gasteiger partial charge in [0.25, 0.3) is 10.0 Å². The van der Waals surface area contributed by atoms with Crippen LogP contribution in [0.1, 0.15) is 11.4 Å². The Bertz CT molecular complexity index is 1230. The van der Waals surface area contributed by atoms with Crippen molar-refractivity contribution in [2.75, 3.05) is 0 Å². The average molecular weight is 375 g/mol. The third-order valence-electron chi connectivity index (χ3n) is 4.22. The fraction of sp³-hybridized carbons (Fsp3) is 0.0476. The van der Waals surface area contributed by atoms with E-state index in [2.05, 4.69) is 9.38 Å². The van der Waals surface area contributed by atoms with Gasteiger partial charge in [0.05, 0.1) is 15.9 Å². The topological polar surface area (TPSA) is 64.3 Å². The first kappa shape index (κ1) is 17.2. The summed E-state index contributed by atoms with van der Waals surface area (Å²) in [4.78, 5) is 4.70. The minimum Gasteiger partial charge on any atom is -0.279 e. The fourth-order valence-corrected chi connectivity index (χ4v) is 4.00. The molecule has 0 atom stereocenters. The minimum absolute atomic E-state index is 0.153. The summed E-state index contributed by atoms with van der Waals surface area (Å²) in [5.74, 6) is 0.993. The molecule has 1 aromatic heterocycles. The van der Waals surface area contributed by atoms with Gasteiger partial charge in [-0.25, -0.2) is 4.98 Å². The van der Waals surface area contributed by atoms with Gasteiger partial charge in [-0.15, -0.1) is 4.40 Å². The van der Waals surface area contributed by atoms with E-state index in [1.165, 1.54) is 0 Å². The van der Waals surface area contributed by atoms with Crippen LogP contribution >= 0.6 is 0 Å². The fourth-order valence-electron chi connectivity index (χ4n) is 2.98. The van der Waals surface area contributed by atoms with Crippen molar-refractivity contribution in [1.82, 2.24) is 9.55 Å². The monoisotopic (exact) mass is 375 g/mol. The number of aryl methyl sites for hydroxylation is 1. The predicted octanol–water partition coefficient (Wildman–Crippen LogP) is 4.03. The molecule has 1 heterocycles. The van der Waals surface area contributed by atoms with E-state index in [1.807, 2.05) is 61.5 Å². The van der Waals surface area contributed by atoms with Crippen LogP contribution in [-0.2, 0) is 10.0 Å². The largest absolute Gasteiger partial charge is 0.284 e. The summed E-state index contributed by atoms with van der Waals surface area (Å²) in [5, 5.41) is 0. The maximum Gasteiger partial charge on any atom is 0.284 e. The Hall–Kier alpha value is -3.25. The van der Waals surface area contributed by atoms with E-state index >= 15 is 0 Å². The standard InChI is InChI=1S/C21H17N3O2S/c1-16-22-19-14-8-9-15-20(19)24(16)21(17-10-4-2-5-11-17)23-27(25,26)18-12-6-3-7-13-18/h2-15H,1H3/b23-21-. The smallest absolute Gasteiger partial charge is 0.279 e. The first-order chi connectivity index (χ1) is 13.1. The average Bonchev–Trinajstić information content (AvgIpc) is 3.03. The Labute approximate surface area is 157 Å². The molecule has 0 N–H and O–H groups in total. The third-order valence-corrected chi connectivity index (χ3v) is 5.50. The van der Waals surface area contributed by atoms with Crippen molar-refractivity contribution >= 4 is 26.9 Å². The van der Waals surface area contributed by atoms with Gasteiger partial charge in [0, 0.05) is 5.56 Å². The number of fused-ring (bicyclic) bond motifs is 1. The highest BCUT2D eigenvalue weighted by Crippen LogP contribution is 2.20. The van der Waals surface area contributed by atoms with E-state index in [1.54, 1.807) is 34.9 Å². The number of aromatic nitrogens is 2. The maximum absolute atomic E-state index is 12.9. The third kappa shape index (κ3) is 3.27. The van der Waals surface area contributed by atoms with Crippen LogP contribution in [0.2, 0.25) is 0 Å². The van der Waals surface area contributed by atoms with Gasteiger partial charge >= 0.3 is 0 Å². The highest BCUT2D eigenvalue weighted by molar-refractivity contribution is 7.90. The zero-order valence-corrected chi connectivity index (χ0v) is 15.5. The number of benzene rings is 3. The summed E-state index contributed by atoms with van der Waals surface area (Å²) in [6.07, 6.45) is 0. The molecule has 0 bridgehead atoms. The molecule has 27 heavy (non-hydrogen) atoms. The summed E-state index contributed by atoms with van der Waals surface area (Å²) < 4.78 is 31.9. The van der Waals surface area contributed by atoms with Crippen molar-refractivity contribution in [2.24, 2.45) is 4.40 Å². The van der Waals surface area contributed by atoms with Gasteiger partial charge in [-0.1, -0.05) is 60.7 Å². The number of rotatable bonds is 3. The van der Waals surface area contributed by atoms with Gasteiger partial charge in [0.15, 0.2) is 5.84 Å². The molecule has 4 aromatic rings. The van der Waals surface area contributed by atoms with E-state index in [-0.39, 0.29) is 4.90 Å². The summed E-state index contributed by atoms with van der Waals surface area (Å²) in [5.41, 5.74) is 2.29. The molecule has 0 aliphatic rings. The zero-order chi connectivity index (χ0) is 18.9. The van der Waals surface area contributed by atoms with Crippen LogP contribution in [0.4, 0.5) is 0 Å². The first-order valence-electron chi connectivity index (χ1n) is 8.46. The summed E-state index contributed by atoms with van der Waals surface area (Å²) in [6.45, 7) is 1.84. The molecule has 3 aromatic carbocycles. The second kappa shape index (κ2) is 6.81. The summed E-state index contributed by atoms with van der Waals surface area (Å²) in [7, 11) is -3.88. The predicted molar refractivity (Wildman–Crippen MR) is 106 cm³/mol. The Kier molecular flexibility index (Phi) is 4.33. The minimum atomic E-state index is -3.88. The Morgan fingerprint density at radius 2 is 1.44 bits per heavy atom. The molecule has 0 saturated heterocycles. The quantitative estimate of drug-likeness (QED) is 0.401. The van der Waals surface area contributed by atoms with Crippen molar-refractivity contribution in [3.8, 4) is 0 Å². The van der Waals surface area contributed by atoms with E-state index in [9.17, 15) is 8.42 Å². The van der Waals surface area contributed by atoms with Crippen molar-refractivity contribution in [3.63, 3.8) is 0 Å². The lowest BCUT2D eigenvalue weighted by Crippen LogP contribution is -2.17. The molecule has 0 fully saturated rings. The number of hydrogen-bond donors (Lipinski definition) is 0. The van der Waals surface area contributed by atoms with Crippen LogP contribution in [0.25, 0.3) is 11.0 Å². The molecular weight excluding hydrogens is 358 g/mol. The van der Waals surface area contributed by atoms with Crippen LogP contribution in [-0.4, -0.2) is 23.8 Å². The molecule has 0 aliphatic carbocycles. The molecule has 0 aliphatic heterocycles. The SMILES string of the molecule is Cc1nc2ccccc2n1/C(=N\S(=O)(=O)c1ccccc1)c1ccccc1. The number of imidazole rings is 1. The summed E-state index contributed by atoms with van der Waals surface area (Å²) in [6, 6.07) is 25.1. The number of nitrogens with zero attached hydrogens (tertiary/aromatic N) is 3. The van der Waals surface area contributed by atoms with Gasteiger partial charge < -0.3 is 0 Å². The summed E-state index contributed by atoms with van der Waals surface area (Å²) >= 11 is 0. The first-order valence-corrected chi connectivity index (χ1v) is 9.90. The molecule has 0 radical (unpaired) electrons. The van der Waals surface area contributed by atoms with E-state index < -0.39 is 10.0 Å². The maximum atomic E-state index is 12.9. The van der Waals surface area contributed by atoms with Crippen LogP contribution in [0.15, 0.2) is 94.2 Å². The molecular formula is C21H17N3O2S. The lowest BCUT2D eigenvalue weighted by Gasteiger charge is -2.11. The zero-order valence-electron chi connectivity index (χ0n) is 14.6. The molecule has 4 rings (SSSR count). The number of sulfonamides is 1. The molecule has 134 valence electrons. The molecule has 6 heteroatoms. The molecule has 0 unspecified atom stereocenters. The van der Waals surface area contributed by atoms with E-state index in [4.69, 9.17) is 0 Å². The van der Waals surface area contributed by atoms with Crippen molar-refractivity contribution in [1.29, 1.82) is 0 Å². The van der Waals surface area contributed by atoms with Crippen LogP contribution < -0.4 is 0 Å². The number of para-hydroxylation sites is 2. The Morgan fingerprint density at radius 1 is 0.852 bits per heavy atom. The molecule has 0 saturated carbocycles. The van der Waals surface area contributed by atoms with Crippen LogP contribution in [0.5, 0.6) is 0 Å². The molecule has 5 nitrogen and oxygen atoms in total. The number of hydrogen-bond acceptors (Lipinski definition) is 3. The lowest BCUT2D eigenvalue weighted by molar-refractivity contribution is 0.598. The normalized spacial score (nSPS) is 12.4. The van der Waals surface area contributed by atoms with Gasteiger partial charge in [-0.05, 0) is 31.2 Å². The Balaban J connectivity index is 2.00. The highest BCUT2D eigenvalue weighted by atomic mass is 32.2. The van der Waals surface area contributed by atoms with Gasteiger partial charge in [0.2, 0.25) is 0 Å². The molecule has 0 spiro atoms. The Morgan fingerprint density at radius 3 is 2.15 bits per heavy atom. The second-order valence-electron chi connectivity index (χ2n) is 6.05.